The van der Waals surface area contributed by atoms with Crippen LogP contribution in [-0.4, -0.2) is 19.6 Å². The Hall–Kier alpha value is -3.77. The molecule has 0 aliphatic rings. The standard InChI is InChI=1S/C29H28ClNO5/c1-5-18-8-7-9-19(6-2)26(18)31-25(32)16-35-29-27(33)22-15-23(30)17(3)14-24(22)36-28(29)20-10-12-21(34-4)13-11-20/h7-15H,5-6,16H2,1-4H3,(H,31,32). The lowest BCUT2D eigenvalue weighted by atomic mass is 10.0. The Bertz CT molecular complexity index is 1450. The number of aryl methyl sites for hydroxylation is 3. The minimum atomic E-state index is -0.403. The van der Waals surface area contributed by atoms with E-state index in [2.05, 4.69) is 5.32 Å². The zero-order valence-corrected chi connectivity index (χ0v) is 21.5. The summed E-state index contributed by atoms with van der Waals surface area (Å²) in [5.74, 6) is 0.468. The summed E-state index contributed by atoms with van der Waals surface area (Å²) in [6.45, 7) is 5.55. The van der Waals surface area contributed by atoms with Gasteiger partial charge in [-0.25, -0.2) is 0 Å². The Kier molecular flexibility index (Phi) is 7.65. The lowest BCUT2D eigenvalue weighted by Crippen LogP contribution is -2.24. The van der Waals surface area contributed by atoms with Crippen molar-refractivity contribution in [3.05, 3.63) is 86.5 Å². The SMILES string of the molecule is CCc1cccc(CC)c1NC(=O)COc1c(-c2ccc(OC)cc2)oc2cc(C)c(Cl)cc2c1=O. The normalized spacial score (nSPS) is 10.9. The Morgan fingerprint density at radius 1 is 1.03 bits per heavy atom. The summed E-state index contributed by atoms with van der Waals surface area (Å²) >= 11 is 6.28. The maximum absolute atomic E-state index is 13.5. The second-order valence-electron chi connectivity index (χ2n) is 8.41. The zero-order chi connectivity index (χ0) is 25.8. The number of nitrogens with one attached hydrogen (secondary N) is 1. The zero-order valence-electron chi connectivity index (χ0n) is 20.7. The van der Waals surface area contributed by atoms with Crippen LogP contribution in [0.1, 0.15) is 30.5 Å². The first-order valence-electron chi connectivity index (χ1n) is 11.8. The Morgan fingerprint density at radius 2 is 1.69 bits per heavy atom. The molecular formula is C29H28ClNO5. The number of halogens is 1. The van der Waals surface area contributed by atoms with Gasteiger partial charge in [-0.3, -0.25) is 9.59 Å². The van der Waals surface area contributed by atoms with Gasteiger partial charge in [0.15, 0.2) is 12.4 Å². The van der Waals surface area contributed by atoms with Crippen molar-refractivity contribution in [2.24, 2.45) is 0 Å². The van der Waals surface area contributed by atoms with Crippen LogP contribution >= 0.6 is 11.6 Å². The average molecular weight is 506 g/mol. The van der Waals surface area contributed by atoms with E-state index in [1.54, 1.807) is 43.5 Å². The molecule has 3 aromatic carbocycles. The molecule has 7 heteroatoms. The third kappa shape index (κ3) is 5.09. The van der Waals surface area contributed by atoms with Gasteiger partial charge in [0.05, 0.1) is 12.5 Å². The number of benzene rings is 3. The molecule has 0 bridgehead atoms. The molecule has 1 heterocycles. The van der Waals surface area contributed by atoms with Crippen LogP contribution in [-0.2, 0) is 17.6 Å². The Morgan fingerprint density at radius 3 is 2.31 bits per heavy atom. The molecule has 0 saturated heterocycles. The van der Waals surface area contributed by atoms with Gasteiger partial charge < -0.3 is 19.2 Å². The minimum Gasteiger partial charge on any atom is -0.497 e. The third-order valence-electron chi connectivity index (χ3n) is 6.09. The van der Waals surface area contributed by atoms with Crippen LogP contribution in [0.5, 0.6) is 11.5 Å². The minimum absolute atomic E-state index is 0.0535. The van der Waals surface area contributed by atoms with Crippen molar-refractivity contribution in [1.82, 2.24) is 0 Å². The topological polar surface area (TPSA) is 77.8 Å². The molecule has 4 rings (SSSR count). The number of hydrogen-bond donors (Lipinski definition) is 1. The number of amides is 1. The van der Waals surface area contributed by atoms with Crippen LogP contribution in [0.2, 0.25) is 5.02 Å². The molecular weight excluding hydrogens is 478 g/mol. The molecule has 0 fully saturated rings. The second kappa shape index (κ2) is 10.9. The van der Waals surface area contributed by atoms with Crippen LogP contribution < -0.4 is 20.2 Å². The maximum Gasteiger partial charge on any atom is 0.262 e. The third-order valence-corrected chi connectivity index (χ3v) is 6.50. The van der Waals surface area contributed by atoms with E-state index in [0.717, 1.165) is 35.2 Å². The van der Waals surface area contributed by atoms with Gasteiger partial charge in [-0.1, -0.05) is 43.6 Å². The Balaban J connectivity index is 1.72. The summed E-state index contributed by atoms with van der Waals surface area (Å²) in [4.78, 5) is 26.4. The van der Waals surface area contributed by atoms with Crippen LogP contribution in [0.3, 0.4) is 0 Å². The van der Waals surface area contributed by atoms with E-state index in [1.807, 2.05) is 39.0 Å². The molecule has 36 heavy (non-hydrogen) atoms. The molecule has 6 nitrogen and oxygen atoms in total. The fraction of sp³-hybridized carbons (Fsp3) is 0.241. The predicted octanol–water partition coefficient (Wildman–Crippen LogP) is 6.57. The van der Waals surface area contributed by atoms with E-state index in [9.17, 15) is 9.59 Å². The van der Waals surface area contributed by atoms with Crippen LogP contribution in [0, 0.1) is 6.92 Å². The summed E-state index contributed by atoms with van der Waals surface area (Å²) in [7, 11) is 1.57. The number of anilines is 1. The molecule has 0 unspecified atom stereocenters. The number of carbonyl (C=O) groups is 1. The summed E-state index contributed by atoms with van der Waals surface area (Å²) in [6.07, 6.45) is 1.56. The highest BCUT2D eigenvalue weighted by Gasteiger charge is 2.20. The number of hydrogen-bond acceptors (Lipinski definition) is 5. The van der Waals surface area contributed by atoms with E-state index in [0.29, 0.717) is 21.9 Å². The largest absolute Gasteiger partial charge is 0.497 e. The highest BCUT2D eigenvalue weighted by Crippen LogP contribution is 2.33. The van der Waals surface area contributed by atoms with E-state index in [1.165, 1.54) is 0 Å². The molecule has 186 valence electrons. The highest BCUT2D eigenvalue weighted by atomic mass is 35.5. The molecule has 0 radical (unpaired) electrons. The fourth-order valence-electron chi connectivity index (χ4n) is 4.08. The second-order valence-corrected chi connectivity index (χ2v) is 8.82. The van der Waals surface area contributed by atoms with Gasteiger partial charge in [-0.15, -0.1) is 0 Å². The van der Waals surface area contributed by atoms with Crippen molar-refractivity contribution in [2.75, 3.05) is 19.0 Å². The fourth-order valence-corrected chi connectivity index (χ4v) is 4.24. The molecule has 1 amide bonds. The van der Waals surface area contributed by atoms with Crippen LogP contribution in [0.4, 0.5) is 5.69 Å². The van der Waals surface area contributed by atoms with Crippen molar-refractivity contribution in [2.45, 2.75) is 33.6 Å². The molecule has 1 aromatic heterocycles. The first-order valence-corrected chi connectivity index (χ1v) is 12.2. The number of fused-ring (bicyclic) bond motifs is 1. The maximum atomic E-state index is 13.5. The predicted molar refractivity (Wildman–Crippen MR) is 144 cm³/mol. The van der Waals surface area contributed by atoms with Crippen molar-refractivity contribution >= 4 is 34.2 Å². The first-order chi connectivity index (χ1) is 17.4. The molecule has 0 atom stereocenters. The lowest BCUT2D eigenvalue weighted by molar-refractivity contribution is -0.118. The summed E-state index contributed by atoms with van der Waals surface area (Å²) in [5, 5.41) is 3.69. The smallest absolute Gasteiger partial charge is 0.262 e. The summed E-state index contributed by atoms with van der Waals surface area (Å²) in [6, 6.07) is 16.3. The van der Waals surface area contributed by atoms with Gasteiger partial charge >= 0.3 is 0 Å². The number of ether oxygens (including phenoxy) is 2. The van der Waals surface area contributed by atoms with Crippen LogP contribution in [0.15, 0.2) is 63.8 Å². The number of methoxy groups -OCH3 is 1. The highest BCUT2D eigenvalue weighted by molar-refractivity contribution is 6.32. The lowest BCUT2D eigenvalue weighted by Gasteiger charge is -2.16. The van der Waals surface area contributed by atoms with Gasteiger partial charge in [0, 0.05) is 16.3 Å². The van der Waals surface area contributed by atoms with Gasteiger partial charge in [0.1, 0.15) is 11.3 Å². The van der Waals surface area contributed by atoms with E-state index in [-0.39, 0.29) is 29.4 Å². The molecule has 0 spiro atoms. The first kappa shape index (κ1) is 25.3. The quantitative estimate of drug-likeness (QED) is 0.293. The number of carbonyl (C=O) groups excluding carboxylic acids is 1. The summed E-state index contributed by atoms with van der Waals surface area (Å²) < 4.78 is 17.2. The Labute approximate surface area is 214 Å². The van der Waals surface area contributed by atoms with Crippen molar-refractivity contribution < 1.29 is 18.7 Å². The van der Waals surface area contributed by atoms with Gasteiger partial charge in [-0.05, 0) is 72.9 Å². The monoisotopic (exact) mass is 505 g/mol. The molecule has 0 aliphatic heterocycles. The average Bonchev–Trinajstić information content (AvgIpc) is 2.89. The van der Waals surface area contributed by atoms with Crippen molar-refractivity contribution in [3.63, 3.8) is 0 Å². The molecule has 4 aromatic rings. The van der Waals surface area contributed by atoms with E-state index < -0.39 is 5.43 Å². The number of rotatable bonds is 8. The van der Waals surface area contributed by atoms with Crippen molar-refractivity contribution in [1.29, 1.82) is 0 Å². The molecule has 1 N–H and O–H groups in total. The van der Waals surface area contributed by atoms with Crippen LogP contribution in [0.25, 0.3) is 22.3 Å². The molecule has 0 aliphatic carbocycles. The van der Waals surface area contributed by atoms with E-state index >= 15 is 0 Å². The van der Waals surface area contributed by atoms with Gasteiger partial charge in [0.2, 0.25) is 11.2 Å². The van der Waals surface area contributed by atoms with Gasteiger partial charge in [-0.2, -0.15) is 0 Å². The number of para-hydroxylation sites is 1. The molecule has 0 saturated carbocycles. The van der Waals surface area contributed by atoms with Gasteiger partial charge in [0.25, 0.3) is 5.91 Å². The van der Waals surface area contributed by atoms with E-state index in [4.69, 9.17) is 25.5 Å². The van der Waals surface area contributed by atoms with Crippen molar-refractivity contribution in [3.8, 4) is 22.8 Å². The summed E-state index contributed by atoms with van der Waals surface area (Å²) in [5.41, 5.74) is 4.24.